The fourth-order valence-corrected chi connectivity index (χ4v) is 3.35. The Morgan fingerprint density at radius 1 is 1.21 bits per heavy atom. The van der Waals surface area contributed by atoms with E-state index < -0.39 is 48.0 Å². The van der Waals surface area contributed by atoms with Gasteiger partial charge in [0.05, 0.1) is 19.6 Å². The number of ketones is 1. The molecule has 0 fully saturated rings. The second kappa shape index (κ2) is 11.8. The summed E-state index contributed by atoms with van der Waals surface area (Å²) >= 11 is 0. The van der Waals surface area contributed by atoms with Crippen molar-refractivity contribution in [1.82, 2.24) is 15.5 Å². The van der Waals surface area contributed by atoms with Crippen LogP contribution in [0.25, 0.3) is 11.1 Å². The third-order valence-corrected chi connectivity index (χ3v) is 5.08. The zero-order chi connectivity index (χ0) is 24.1. The van der Waals surface area contributed by atoms with Crippen molar-refractivity contribution in [1.29, 1.82) is 0 Å². The molecule has 2 atom stereocenters. The van der Waals surface area contributed by atoms with Crippen LogP contribution in [0.4, 0.5) is 9.18 Å². The number of carboxylic acid groups (broad SMARTS) is 1. The summed E-state index contributed by atoms with van der Waals surface area (Å²) in [7, 11) is 2.93. The maximum absolute atomic E-state index is 14.7. The Bertz CT molecular complexity index is 1150. The summed E-state index contributed by atoms with van der Waals surface area (Å²) in [6, 6.07) is 7.42. The van der Waals surface area contributed by atoms with Gasteiger partial charge in [-0.25, -0.2) is 9.18 Å². The van der Waals surface area contributed by atoms with Gasteiger partial charge >= 0.3 is 41.6 Å². The average Bonchev–Trinajstić information content (AvgIpc) is 2.79. The molecule has 11 heteroatoms. The normalized spacial score (nSPS) is 15.9. The quantitative estimate of drug-likeness (QED) is 0.358. The molecular weight excluding hydrogens is 456 g/mol. The number of benzene rings is 2. The van der Waals surface area contributed by atoms with Gasteiger partial charge in [0, 0.05) is 24.9 Å². The van der Waals surface area contributed by atoms with E-state index in [0.717, 1.165) is 11.0 Å². The first-order valence-corrected chi connectivity index (χ1v) is 9.91. The second-order valence-electron chi connectivity index (χ2n) is 7.34. The molecule has 0 radical (unpaired) electrons. The van der Waals surface area contributed by atoms with Crippen molar-refractivity contribution < 1.29 is 64.4 Å². The molecule has 34 heavy (non-hydrogen) atoms. The number of likely N-dealkylation sites (N-methyl/N-ethyl adjacent to an activating group) is 1. The summed E-state index contributed by atoms with van der Waals surface area (Å²) < 4.78 is 19.9. The number of urea groups is 1. The largest absolute Gasteiger partial charge is 1.00 e. The molecule has 1 heterocycles. The van der Waals surface area contributed by atoms with Crippen molar-refractivity contribution in [2.45, 2.75) is 18.5 Å². The summed E-state index contributed by atoms with van der Waals surface area (Å²) in [4.78, 5) is 49.2. The van der Waals surface area contributed by atoms with Gasteiger partial charge in [-0.1, -0.05) is 18.2 Å². The number of hydrogen-bond acceptors (Lipinski definition) is 5. The second-order valence-corrected chi connectivity index (χ2v) is 7.34. The Balaban J connectivity index is 0.00000306. The zero-order valence-electron chi connectivity index (χ0n) is 19.9. The van der Waals surface area contributed by atoms with Crippen molar-refractivity contribution >= 4 is 23.7 Å². The van der Waals surface area contributed by atoms with Gasteiger partial charge in [0.25, 0.3) is 5.91 Å². The molecule has 0 bridgehead atoms. The van der Waals surface area contributed by atoms with Gasteiger partial charge in [-0.3, -0.25) is 14.4 Å². The van der Waals surface area contributed by atoms with Crippen LogP contribution in [0.5, 0.6) is 5.75 Å². The van der Waals surface area contributed by atoms with Crippen LogP contribution in [-0.2, 0) is 14.4 Å². The van der Waals surface area contributed by atoms with Crippen LogP contribution >= 0.6 is 0 Å². The predicted octanol–water partition coefficient (Wildman–Crippen LogP) is -0.644. The molecule has 3 amide bonds. The van der Waals surface area contributed by atoms with E-state index in [4.69, 9.17) is 4.74 Å². The number of methoxy groups -OCH3 is 1. The molecule has 9 nitrogen and oxygen atoms in total. The van der Waals surface area contributed by atoms with Crippen LogP contribution in [0.15, 0.2) is 54.7 Å². The van der Waals surface area contributed by atoms with Crippen molar-refractivity contribution in [2.24, 2.45) is 0 Å². The molecule has 174 valence electrons. The maximum Gasteiger partial charge on any atom is 1.00 e. The van der Waals surface area contributed by atoms with Crippen LogP contribution in [-0.4, -0.2) is 53.9 Å². The monoisotopic (exact) mass is 479 g/mol. The number of nitrogens with zero attached hydrogens (tertiary/aromatic N) is 1. The molecule has 0 spiro atoms. The van der Waals surface area contributed by atoms with Crippen LogP contribution in [0.2, 0.25) is 0 Å². The van der Waals surface area contributed by atoms with Crippen LogP contribution in [0.3, 0.4) is 0 Å². The minimum atomic E-state index is -1.46. The van der Waals surface area contributed by atoms with Gasteiger partial charge in [0.2, 0.25) is 0 Å². The number of carbonyl (C=O) groups is 4. The fourth-order valence-electron chi connectivity index (χ4n) is 3.35. The van der Waals surface area contributed by atoms with E-state index in [1.807, 2.05) is 0 Å². The summed E-state index contributed by atoms with van der Waals surface area (Å²) in [6.07, 6.45) is 1.78. The topological polar surface area (TPSA) is 125 Å². The number of rotatable bonds is 7. The van der Waals surface area contributed by atoms with E-state index in [1.54, 1.807) is 24.3 Å². The molecule has 2 aromatic rings. The number of carbonyl (C=O) groups excluding carboxylic acids is 3. The van der Waals surface area contributed by atoms with E-state index in [9.17, 15) is 28.7 Å². The van der Waals surface area contributed by atoms with Gasteiger partial charge in [-0.05, 0) is 35.4 Å². The fraction of sp³-hybridized carbons (Fsp3) is 0.217. The predicted molar refractivity (Wildman–Crippen MR) is 117 cm³/mol. The summed E-state index contributed by atoms with van der Waals surface area (Å²) in [5.41, 5.74) is 1.21. The zero-order valence-corrected chi connectivity index (χ0v) is 20.9. The van der Waals surface area contributed by atoms with Gasteiger partial charge in [-0.2, -0.15) is 0 Å². The number of nitrogens with one attached hydrogen (secondary N) is 2. The van der Waals surface area contributed by atoms with E-state index in [-0.39, 0.29) is 36.5 Å². The molecule has 3 N–H and O–H groups in total. The average molecular weight is 479 g/mol. The van der Waals surface area contributed by atoms with E-state index >= 15 is 0 Å². The molecule has 0 aliphatic carbocycles. The molecule has 0 saturated carbocycles. The molecule has 3 rings (SSSR count). The van der Waals surface area contributed by atoms with Gasteiger partial charge in [0.1, 0.15) is 11.6 Å². The van der Waals surface area contributed by atoms with Crippen molar-refractivity contribution in [3.05, 3.63) is 66.1 Å². The summed E-state index contributed by atoms with van der Waals surface area (Å²) in [6.45, 7) is 0. The van der Waals surface area contributed by atoms with E-state index in [2.05, 4.69) is 10.6 Å². The Kier molecular flexibility index (Phi) is 9.36. The number of aliphatic carboxylic acids is 1. The molecule has 1 aliphatic rings. The number of hydrogen-bond donors (Lipinski definition) is 3. The molecule has 1 unspecified atom stereocenters. The maximum atomic E-state index is 14.7. The van der Waals surface area contributed by atoms with Crippen LogP contribution in [0, 0.1) is 5.82 Å². The smallest absolute Gasteiger partial charge is 1.00 e. The SMILES string of the molecule is COc1cccc(-c2ccc(F)c([C@H](CC(=O)O)NC(=O)NC3C(=O)C=CN(C)C3=O)c2)c1.[H-].[Na+]. The number of ether oxygens (including phenoxy) is 1. The first-order valence-electron chi connectivity index (χ1n) is 9.91. The molecule has 1 aliphatic heterocycles. The van der Waals surface area contributed by atoms with Crippen LogP contribution < -0.4 is 44.9 Å². The van der Waals surface area contributed by atoms with Gasteiger partial charge < -0.3 is 26.8 Å². The van der Waals surface area contributed by atoms with Crippen molar-refractivity contribution in [3.8, 4) is 16.9 Å². The van der Waals surface area contributed by atoms with E-state index in [1.165, 1.54) is 38.6 Å². The number of amides is 3. The first kappa shape index (κ1) is 27.0. The van der Waals surface area contributed by atoms with Crippen molar-refractivity contribution in [2.75, 3.05) is 14.2 Å². The molecule has 2 aromatic carbocycles. The first-order chi connectivity index (χ1) is 15.7. The third kappa shape index (κ3) is 6.43. The molecular formula is C23H23FN3NaO6. The minimum absolute atomic E-state index is 0. The standard InChI is InChI=1S/C23H22FN3O6.Na.H/c1-27-9-8-19(28)21(22(27)31)26-23(32)25-18(12-20(29)30)16-11-14(6-7-17(16)24)13-4-3-5-15(10-13)33-2;;/h3-11,18,21H,12H2,1-2H3,(H,29,30)(H2,25,26,32);;/q;+1;-1/t18-,21?;;/m0../s1. The number of halogens is 1. The van der Waals surface area contributed by atoms with Gasteiger partial charge in [-0.15, -0.1) is 0 Å². The number of carboxylic acids is 1. The Labute approximate surface area is 218 Å². The third-order valence-electron chi connectivity index (χ3n) is 5.08. The summed E-state index contributed by atoms with van der Waals surface area (Å²) in [5.74, 6) is -2.70. The Hall–Kier alpha value is -3.21. The van der Waals surface area contributed by atoms with Gasteiger partial charge in [0.15, 0.2) is 11.8 Å². The minimum Gasteiger partial charge on any atom is -1.00 e. The Morgan fingerprint density at radius 2 is 1.91 bits per heavy atom. The van der Waals surface area contributed by atoms with E-state index in [0.29, 0.717) is 16.9 Å². The van der Waals surface area contributed by atoms with Crippen molar-refractivity contribution in [3.63, 3.8) is 0 Å². The molecule has 0 aromatic heterocycles. The van der Waals surface area contributed by atoms with Crippen LogP contribution in [0.1, 0.15) is 19.5 Å². The Morgan fingerprint density at radius 3 is 2.59 bits per heavy atom. The molecule has 0 saturated heterocycles. The summed E-state index contributed by atoms with van der Waals surface area (Å²) in [5, 5.41) is 13.9.